The van der Waals surface area contributed by atoms with Gasteiger partial charge in [-0.3, -0.25) is 14.4 Å². The molecule has 128 valence electrons. The normalized spacial score (nSPS) is 23.2. The van der Waals surface area contributed by atoms with E-state index in [4.69, 9.17) is 9.57 Å². The number of carbonyl (C=O) groups excluding carboxylic acids is 3. The van der Waals surface area contributed by atoms with Crippen molar-refractivity contribution in [2.45, 2.75) is 40.0 Å². The van der Waals surface area contributed by atoms with Crippen LogP contribution in [-0.4, -0.2) is 37.0 Å². The molecule has 0 radical (unpaired) electrons. The Labute approximate surface area is 165 Å². The molecule has 0 saturated heterocycles. The number of ketones is 2. The molecule has 1 aliphatic rings. The largest absolute Gasteiger partial charge is 1.00 e. The number of esters is 1. The van der Waals surface area contributed by atoms with E-state index in [0.717, 1.165) is 0 Å². The molecule has 0 heterocycles. The minimum atomic E-state index is -1.03. The molecule has 0 spiro atoms. The number of rotatable bonds is 7. The van der Waals surface area contributed by atoms with E-state index in [2.05, 4.69) is 11.7 Å². The first-order valence-electron chi connectivity index (χ1n) is 7.74. The molecular weight excluding hydrogens is 321 g/mol. The Kier molecular flexibility index (Phi) is 9.70. The van der Waals surface area contributed by atoms with E-state index in [1.54, 1.807) is 13.8 Å². The van der Waals surface area contributed by atoms with E-state index in [1.807, 2.05) is 6.92 Å². The van der Waals surface area contributed by atoms with Crippen LogP contribution in [0.5, 0.6) is 0 Å². The molecule has 0 aromatic carbocycles. The first-order valence-corrected chi connectivity index (χ1v) is 7.74. The number of carbonyl (C=O) groups is 3. The fourth-order valence-electron chi connectivity index (χ4n) is 2.94. The van der Waals surface area contributed by atoms with Gasteiger partial charge < -0.3 is 9.57 Å². The van der Waals surface area contributed by atoms with Crippen molar-refractivity contribution in [2.75, 3.05) is 13.7 Å². The van der Waals surface area contributed by atoms with Gasteiger partial charge >= 0.3 is 35.5 Å². The average Bonchev–Trinajstić information content (AvgIpc) is 2.45. The van der Waals surface area contributed by atoms with Crippen molar-refractivity contribution in [2.24, 2.45) is 22.4 Å². The van der Waals surface area contributed by atoms with Crippen molar-refractivity contribution in [1.29, 1.82) is 0 Å². The summed E-state index contributed by atoms with van der Waals surface area (Å²) >= 11 is 0. The van der Waals surface area contributed by atoms with Gasteiger partial charge in [0.2, 0.25) is 0 Å². The molecule has 2 unspecified atom stereocenters. The number of ether oxygens (including phenoxy) is 1. The first kappa shape index (κ1) is 23.0. The molecule has 2 atom stereocenters. The monoisotopic (exact) mass is 346 g/mol. The van der Waals surface area contributed by atoms with Crippen molar-refractivity contribution < 1.29 is 53.5 Å². The molecular formula is C17H25NNaO5+. The van der Waals surface area contributed by atoms with Crippen molar-refractivity contribution >= 4 is 23.2 Å². The fraction of sp³-hybridized carbons (Fsp3) is 0.647. The van der Waals surface area contributed by atoms with Crippen LogP contribution in [0.2, 0.25) is 0 Å². The van der Waals surface area contributed by atoms with E-state index >= 15 is 0 Å². The zero-order valence-electron chi connectivity index (χ0n) is 15.3. The van der Waals surface area contributed by atoms with Gasteiger partial charge in [-0.15, -0.1) is 0 Å². The number of oxime groups is 1. The van der Waals surface area contributed by atoms with Gasteiger partial charge in [0, 0.05) is 6.42 Å². The van der Waals surface area contributed by atoms with E-state index < -0.39 is 29.0 Å². The Morgan fingerprint density at radius 2 is 2.04 bits per heavy atom. The van der Waals surface area contributed by atoms with Gasteiger partial charge in [-0.2, -0.15) is 0 Å². The molecule has 1 aliphatic carbocycles. The van der Waals surface area contributed by atoms with Gasteiger partial charge in [-0.25, -0.2) is 0 Å². The summed E-state index contributed by atoms with van der Waals surface area (Å²) in [5.74, 6) is -3.30. The zero-order valence-corrected chi connectivity index (χ0v) is 17.3. The molecule has 0 aliphatic heterocycles. The Morgan fingerprint density at radius 3 is 2.54 bits per heavy atom. The van der Waals surface area contributed by atoms with Crippen molar-refractivity contribution in [3.05, 3.63) is 12.7 Å². The SMILES string of the molecule is C=CCON=C(CCC)C1C(=O)CC(C)(C)C(C(=O)OC)C1=O.[Na+]. The summed E-state index contributed by atoms with van der Waals surface area (Å²) in [6.07, 6.45) is 2.80. The maximum Gasteiger partial charge on any atom is 1.00 e. The number of hydrogen-bond acceptors (Lipinski definition) is 6. The fourth-order valence-corrected chi connectivity index (χ4v) is 2.94. The molecule has 0 N–H and O–H groups in total. The van der Waals surface area contributed by atoms with Crippen molar-refractivity contribution in [3.8, 4) is 0 Å². The van der Waals surface area contributed by atoms with E-state index in [9.17, 15) is 14.4 Å². The molecule has 0 aromatic rings. The third kappa shape index (κ3) is 5.26. The van der Waals surface area contributed by atoms with Gasteiger partial charge in [-0.05, 0) is 11.8 Å². The third-order valence-corrected chi connectivity index (χ3v) is 3.95. The van der Waals surface area contributed by atoms with Gasteiger partial charge in [0.05, 0.1) is 12.8 Å². The molecule has 7 heteroatoms. The minimum Gasteiger partial charge on any atom is -0.468 e. The second-order valence-electron chi connectivity index (χ2n) is 6.34. The first-order chi connectivity index (χ1) is 10.8. The summed E-state index contributed by atoms with van der Waals surface area (Å²) in [6, 6.07) is 0. The standard InChI is InChI=1S/C17H25NO5.Na/c1-6-8-11(18-23-9-7-2)13-12(19)10-17(3,4)14(15(13)20)16(21)22-5;/h7,13-14H,2,6,8-10H2,1,3-5H3;/q;+1. The molecule has 1 rings (SSSR count). The van der Waals surface area contributed by atoms with Gasteiger partial charge in [0.25, 0.3) is 0 Å². The van der Waals surface area contributed by atoms with E-state index in [-0.39, 0.29) is 48.4 Å². The number of nitrogens with zero attached hydrogens (tertiary/aromatic N) is 1. The molecule has 1 fully saturated rings. The van der Waals surface area contributed by atoms with Crippen LogP contribution in [0, 0.1) is 17.3 Å². The Morgan fingerprint density at radius 1 is 1.42 bits per heavy atom. The summed E-state index contributed by atoms with van der Waals surface area (Å²) in [4.78, 5) is 42.4. The summed E-state index contributed by atoms with van der Waals surface area (Å²) in [7, 11) is 1.24. The molecule has 0 bridgehead atoms. The van der Waals surface area contributed by atoms with E-state index in [1.165, 1.54) is 13.2 Å². The molecule has 0 aromatic heterocycles. The molecule has 0 amide bonds. The maximum absolute atomic E-state index is 12.8. The van der Waals surface area contributed by atoms with Crippen LogP contribution in [0.15, 0.2) is 17.8 Å². The van der Waals surface area contributed by atoms with Crippen LogP contribution in [0.25, 0.3) is 0 Å². The summed E-state index contributed by atoms with van der Waals surface area (Å²) in [6.45, 7) is 9.09. The summed E-state index contributed by atoms with van der Waals surface area (Å²) < 4.78 is 4.76. The maximum atomic E-state index is 12.8. The van der Waals surface area contributed by atoms with Gasteiger partial charge in [-0.1, -0.05) is 45.0 Å². The van der Waals surface area contributed by atoms with Crippen LogP contribution in [0.3, 0.4) is 0 Å². The van der Waals surface area contributed by atoms with Crippen LogP contribution < -0.4 is 29.6 Å². The van der Waals surface area contributed by atoms with Crippen LogP contribution in [0.1, 0.15) is 40.0 Å². The molecule has 24 heavy (non-hydrogen) atoms. The van der Waals surface area contributed by atoms with Crippen molar-refractivity contribution in [1.82, 2.24) is 0 Å². The number of hydrogen-bond donors (Lipinski definition) is 0. The summed E-state index contributed by atoms with van der Waals surface area (Å²) in [5, 5.41) is 3.95. The van der Waals surface area contributed by atoms with Gasteiger partial charge in [0.15, 0.2) is 5.78 Å². The smallest absolute Gasteiger partial charge is 0.468 e. The second-order valence-corrected chi connectivity index (χ2v) is 6.34. The van der Waals surface area contributed by atoms with Crippen molar-refractivity contribution in [3.63, 3.8) is 0 Å². The summed E-state index contributed by atoms with van der Waals surface area (Å²) in [5.41, 5.74) is -0.398. The van der Waals surface area contributed by atoms with Gasteiger partial charge in [0.1, 0.15) is 24.2 Å². The molecule has 1 saturated carbocycles. The van der Waals surface area contributed by atoms with Crippen LogP contribution >= 0.6 is 0 Å². The Balaban J connectivity index is 0.00000529. The average molecular weight is 346 g/mol. The van der Waals surface area contributed by atoms with E-state index in [0.29, 0.717) is 18.6 Å². The second kappa shape index (κ2) is 10.1. The Bertz CT molecular complexity index is 527. The quantitative estimate of drug-likeness (QED) is 0.116. The third-order valence-electron chi connectivity index (χ3n) is 3.95. The zero-order chi connectivity index (χ0) is 17.6. The number of Topliss-reactive ketones (excluding diaryl/α,β-unsaturated/α-hetero) is 2. The molecule has 6 nitrogen and oxygen atoms in total. The van der Waals surface area contributed by atoms with Crippen LogP contribution in [0.4, 0.5) is 0 Å². The predicted molar refractivity (Wildman–Crippen MR) is 85.9 cm³/mol. The predicted octanol–water partition coefficient (Wildman–Crippen LogP) is -0.677. The Hall–Kier alpha value is -0.980. The minimum absolute atomic E-state index is 0. The topological polar surface area (TPSA) is 82.0 Å². The van der Waals surface area contributed by atoms with Crippen LogP contribution in [-0.2, 0) is 24.0 Å². The number of methoxy groups -OCH3 is 1.